The Labute approximate surface area is 92.2 Å². The number of likely N-dealkylation sites (tertiary alicyclic amines) is 1. The van der Waals surface area contributed by atoms with E-state index in [9.17, 15) is 18.0 Å². The molecule has 0 aromatic heterocycles. The first-order valence-corrected chi connectivity index (χ1v) is 5.38. The zero-order valence-corrected chi connectivity index (χ0v) is 9.13. The smallest absolute Gasteiger partial charge is 0.390 e. The minimum atomic E-state index is -4.17. The van der Waals surface area contributed by atoms with Crippen LogP contribution in [0.15, 0.2) is 0 Å². The van der Waals surface area contributed by atoms with E-state index in [4.69, 9.17) is 5.11 Å². The van der Waals surface area contributed by atoms with Crippen LogP contribution < -0.4 is 0 Å². The number of hydrogen-bond donors (Lipinski definition) is 1. The van der Waals surface area contributed by atoms with Crippen LogP contribution in [0.3, 0.4) is 0 Å². The Morgan fingerprint density at radius 3 is 2.56 bits per heavy atom. The predicted molar refractivity (Wildman–Crippen MR) is 52.1 cm³/mol. The quantitative estimate of drug-likeness (QED) is 0.817. The average molecular weight is 239 g/mol. The van der Waals surface area contributed by atoms with Crippen LogP contribution >= 0.6 is 0 Å². The van der Waals surface area contributed by atoms with Crippen molar-refractivity contribution in [3.8, 4) is 0 Å². The monoisotopic (exact) mass is 239 g/mol. The number of carbonyl (C=O) groups is 1. The largest absolute Gasteiger partial charge is 0.481 e. The van der Waals surface area contributed by atoms with Crippen molar-refractivity contribution in [1.82, 2.24) is 4.90 Å². The van der Waals surface area contributed by atoms with E-state index in [1.807, 2.05) is 6.92 Å². The fraction of sp³-hybridized carbons (Fsp3) is 0.900. The van der Waals surface area contributed by atoms with E-state index < -0.39 is 24.5 Å². The Balaban J connectivity index is 2.52. The topological polar surface area (TPSA) is 40.5 Å². The maximum Gasteiger partial charge on any atom is 0.390 e. The van der Waals surface area contributed by atoms with E-state index in [1.165, 1.54) is 0 Å². The van der Waals surface area contributed by atoms with Gasteiger partial charge in [-0.1, -0.05) is 6.92 Å². The summed E-state index contributed by atoms with van der Waals surface area (Å²) in [5.41, 5.74) is 0. The Morgan fingerprint density at radius 1 is 1.50 bits per heavy atom. The van der Waals surface area contributed by atoms with Crippen LogP contribution in [0.5, 0.6) is 0 Å². The molecule has 1 saturated heterocycles. The molecule has 0 aromatic rings. The van der Waals surface area contributed by atoms with Gasteiger partial charge in [0.1, 0.15) is 0 Å². The summed E-state index contributed by atoms with van der Waals surface area (Å²) in [7, 11) is 0. The molecule has 2 atom stereocenters. The summed E-state index contributed by atoms with van der Waals surface area (Å²) in [6.45, 7) is 2.17. The molecule has 0 bridgehead atoms. The van der Waals surface area contributed by atoms with Gasteiger partial charge in [-0.15, -0.1) is 0 Å². The van der Waals surface area contributed by atoms with Crippen molar-refractivity contribution in [3.63, 3.8) is 0 Å². The molecule has 1 aliphatic heterocycles. The molecular weight excluding hydrogens is 223 g/mol. The second-order valence-electron chi connectivity index (χ2n) is 4.11. The Bertz CT molecular complexity index is 255. The molecule has 0 unspecified atom stereocenters. The molecule has 0 aliphatic carbocycles. The first kappa shape index (κ1) is 13.3. The van der Waals surface area contributed by atoms with E-state index in [1.54, 1.807) is 4.90 Å². The number of rotatable bonds is 4. The van der Waals surface area contributed by atoms with Gasteiger partial charge in [-0.2, -0.15) is 13.2 Å². The number of alkyl halides is 3. The fourth-order valence-corrected chi connectivity index (χ4v) is 2.30. The van der Waals surface area contributed by atoms with E-state index in [2.05, 4.69) is 0 Å². The SMILES string of the molecule is CC[C@@H]1[C@@H](C(=O)O)CCN1CCC(F)(F)F. The van der Waals surface area contributed by atoms with Gasteiger partial charge in [0.05, 0.1) is 12.3 Å². The molecular formula is C10H16F3NO2. The van der Waals surface area contributed by atoms with E-state index in [-0.39, 0.29) is 12.6 Å². The van der Waals surface area contributed by atoms with E-state index >= 15 is 0 Å². The average Bonchev–Trinajstić information content (AvgIpc) is 2.56. The van der Waals surface area contributed by atoms with Gasteiger partial charge >= 0.3 is 12.1 Å². The highest BCUT2D eigenvalue weighted by Gasteiger charge is 2.39. The molecule has 94 valence electrons. The minimum absolute atomic E-state index is 0.0915. The van der Waals surface area contributed by atoms with Crippen LogP contribution in [0.2, 0.25) is 0 Å². The molecule has 1 fully saturated rings. The van der Waals surface area contributed by atoms with Crippen LogP contribution in [0.25, 0.3) is 0 Å². The maximum atomic E-state index is 12.1. The van der Waals surface area contributed by atoms with Crippen molar-refractivity contribution >= 4 is 5.97 Å². The molecule has 0 amide bonds. The predicted octanol–water partition coefficient (Wildman–Crippen LogP) is 2.12. The first-order chi connectivity index (χ1) is 7.35. The Morgan fingerprint density at radius 2 is 2.12 bits per heavy atom. The third-order valence-corrected chi connectivity index (χ3v) is 3.08. The molecule has 3 nitrogen and oxygen atoms in total. The van der Waals surface area contributed by atoms with Gasteiger partial charge in [-0.05, 0) is 19.4 Å². The van der Waals surface area contributed by atoms with Crippen LogP contribution in [0.1, 0.15) is 26.2 Å². The standard InChI is InChI=1S/C10H16F3NO2/c1-2-8-7(9(15)16)3-5-14(8)6-4-10(11,12)13/h7-8H,2-6H2,1H3,(H,15,16)/t7-,8+/m0/s1. The molecule has 1 heterocycles. The highest BCUT2D eigenvalue weighted by Crippen LogP contribution is 2.29. The molecule has 16 heavy (non-hydrogen) atoms. The third-order valence-electron chi connectivity index (χ3n) is 3.08. The summed E-state index contributed by atoms with van der Waals surface area (Å²) in [4.78, 5) is 12.5. The molecule has 1 N–H and O–H groups in total. The van der Waals surface area contributed by atoms with Gasteiger partial charge in [0.2, 0.25) is 0 Å². The lowest BCUT2D eigenvalue weighted by Crippen LogP contribution is -2.37. The lowest BCUT2D eigenvalue weighted by Gasteiger charge is -2.25. The zero-order chi connectivity index (χ0) is 12.3. The molecule has 1 aliphatic rings. The second-order valence-corrected chi connectivity index (χ2v) is 4.11. The Kier molecular flexibility index (Phi) is 4.18. The van der Waals surface area contributed by atoms with Crippen molar-refractivity contribution in [2.24, 2.45) is 5.92 Å². The van der Waals surface area contributed by atoms with Gasteiger partial charge in [0, 0.05) is 12.6 Å². The highest BCUT2D eigenvalue weighted by molar-refractivity contribution is 5.71. The van der Waals surface area contributed by atoms with E-state index in [0.29, 0.717) is 19.4 Å². The number of nitrogens with zero attached hydrogens (tertiary/aromatic N) is 1. The van der Waals surface area contributed by atoms with Crippen molar-refractivity contribution in [2.75, 3.05) is 13.1 Å². The van der Waals surface area contributed by atoms with Gasteiger partial charge in [0.15, 0.2) is 0 Å². The molecule has 0 spiro atoms. The van der Waals surface area contributed by atoms with Crippen molar-refractivity contribution in [1.29, 1.82) is 0 Å². The fourth-order valence-electron chi connectivity index (χ4n) is 2.30. The van der Waals surface area contributed by atoms with Crippen molar-refractivity contribution in [2.45, 2.75) is 38.4 Å². The zero-order valence-electron chi connectivity index (χ0n) is 9.13. The molecule has 0 aromatic carbocycles. The minimum Gasteiger partial charge on any atom is -0.481 e. The number of aliphatic carboxylic acids is 1. The summed E-state index contributed by atoms with van der Waals surface area (Å²) >= 11 is 0. The van der Waals surface area contributed by atoms with E-state index in [0.717, 1.165) is 0 Å². The number of carboxylic acids is 1. The molecule has 0 saturated carbocycles. The highest BCUT2D eigenvalue weighted by atomic mass is 19.4. The van der Waals surface area contributed by atoms with Crippen molar-refractivity contribution < 1.29 is 23.1 Å². The normalized spacial score (nSPS) is 27.2. The van der Waals surface area contributed by atoms with Gasteiger partial charge in [-0.3, -0.25) is 9.69 Å². The van der Waals surface area contributed by atoms with Gasteiger partial charge in [0.25, 0.3) is 0 Å². The van der Waals surface area contributed by atoms with Crippen LogP contribution in [0.4, 0.5) is 13.2 Å². The van der Waals surface area contributed by atoms with Crippen molar-refractivity contribution in [3.05, 3.63) is 0 Å². The van der Waals surface area contributed by atoms with Crippen LogP contribution in [-0.2, 0) is 4.79 Å². The number of hydrogen-bond acceptors (Lipinski definition) is 2. The summed E-state index contributed by atoms with van der Waals surface area (Å²) in [6.07, 6.45) is -4.00. The number of carboxylic acid groups (broad SMARTS) is 1. The van der Waals surface area contributed by atoms with Gasteiger partial charge < -0.3 is 5.11 Å². The summed E-state index contributed by atoms with van der Waals surface area (Å²) < 4.78 is 36.2. The van der Waals surface area contributed by atoms with Gasteiger partial charge in [-0.25, -0.2) is 0 Å². The summed E-state index contributed by atoms with van der Waals surface area (Å²) in [5, 5.41) is 8.91. The third kappa shape index (κ3) is 3.37. The molecule has 6 heteroatoms. The number of halogens is 3. The summed E-state index contributed by atoms with van der Waals surface area (Å²) in [6, 6.07) is -0.250. The molecule has 1 rings (SSSR count). The lowest BCUT2D eigenvalue weighted by molar-refractivity contribution is -0.143. The lowest BCUT2D eigenvalue weighted by atomic mass is 9.98. The summed E-state index contributed by atoms with van der Waals surface area (Å²) in [5.74, 6) is -1.42. The maximum absolute atomic E-state index is 12.1. The van der Waals surface area contributed by atoms with Crippen LogP contribution in [-0.4, -0.2) is 41.3 Å². The second kappa shape index (κ2) is 5.03. The van der Waals surface area contributed by atoms with Crippen LogP contribution in [0, 0.1) is 5.92 Å². The first-order valence-electron chi connectivity index (χ1n) is 5.38. The molecule has 0 radical (unpaired) electrons. The Hall–Kier alpha value is -0.780.